The third kappa shape index (κ3) is 5.84. The molecule has 164 valence electrons. The van der Waals surface area contributed by atoms with Gasteiger partial charge in [0.15, 0.2) is 11.5 Å². The Morgan fingerprint density at radius 3 is 2.81 bits per heavy atom. The molecule has 0 radical (unpaired) electrons. The molecule has 11 heteroatoms. The van der Waals surface area contributed by atoms with Gasteiger partial charge >= 0.3 is 0 Å². The largest absolute Gasteiger partial charge is 0.383 e. The van der Waals surface area contributed by atoms with Crippen molar-refractivity contribution in [1.82, 2.24) is 30.8 Å². The van der Waals surface area contributed by atoms with Crippen LogP contribution in [-0.2, 0) is 4.74 Å². The predicted octanol–water partition coefficient (Wildman–Crippen LogP) is 0.914. The van der Waals surface area contributed by atoms with Gasteiger partial charge in [0.25, 0.3) is 5.91 Å². The fourth-order valence-corrected chi connectivity index (χ4v) is 3.42. The predicted molar refractivity (Wildman–Crippen MR) is 115 cm³/mol. The van der Waals surface area contributed by atoms with Crippen LogP contribution in [-0.4, -0.2) is 65.5 Å². The van der Waals surface area contributed by atoms with Crippen molar-refractivity contribution in [1.29, 1.82) is 5.26 Å². The maximum Gasteiger partial charge on any atom is 0.273 e. The smallest absolute Gasteiger partial charge is 0.273 e. The molecule has 1 amide bonds. The molecule has 4 N–H and O–H groups in total. The topological polar surface area (TPSA) is 150 Å². The van der Waals surface area contributed by atoms with Crippen molar-refractivity contribution in [3.8, 4) is 6.07 Å². The number of hydrogen-bond acceptors (Lipinski definition) is 10. The first-order chi connectivity index (χ1) is 15.0. The summed E-state index contributed by atoms with van der Waals surface area (Å²) >= 11 is 0. The van der Waals surface area contributed by atoms with E-state index in [1.807, 2.05) is 6.07 Å². The highest BCUT2D eigenvalue weighted by atomic mass is 16.5. The summed E-state index contributed by atoms with van der Waals surface area (Å²) in [4.78, 5) is 20.4. The molecular formula is C20H27N9O2. The first kappa shape index (κ1) is 22.3. The molecule has 0 spiro atoms. The fraction of sp³-hybridized carbons (Fsp3) is 0.500. The van der Waals surface area contributed by atoms with Crippen LogP contribution in [0.15, 0.2) is 18.5 Å². The summed E-state index contributed by atoms with van der Waals surface area (Å²) in [5.74, 6) is 0.917. The zero-order valence-corrected chi connectivity index (χ0v) is 17.8. The fourth-order valence-electron chi connectivity index (χ4n) is 3.42. The molecule has 31 heavy (non-hydrogen) atoms. The summed E-state index contributed by atoms with van der Waals surface area (Å²) in [5.41, 5.74) is 1.09. The molecule has 2 aromatic heterocycles. The number of carbonyl (C=O) groups excluding carboxylic acids is 1. The molecule has 0 aromatic carbocycles. The lowest BCUT2D eigenvalue weighted by atomic mass is 9.88. The SMILES string of the molecule is CNC(=O)c1nnc(Nc2ncc(C#N)cn2)cc1NC[C@@H]1C(C)CNCCOC1C. The van der Waals surface area contributed by atoms with Crippen LogP contribution in [0.5, 0.6) is 0 Å². The van der Waals surface area contributed by atoms with Gasteiger partial charge in [-0.2, -0.15) is 5.26 Å². The molecule has 1 aliphatic heterocycles. The summed E-state index contributed by atoms with van der Waals surface area (Å²) in [5, 5.41) is 29.3. The third-order valence-corrected chi connectivity index (χ3v) is 5.24. The van der Waals surface area contributed by atoms with Crippen molar-refractivity contribution in [2.45, 2.75) is 20.0 Å². The Labute approximate surface area is 181 Å². The van der Waals surface area contributed by atoms with Crippen molar-refractivity contribution in [3.63, 3.8) is 0 Å². The number of hydrogen-bond donors (Lipinski definition) is 4. The van der Waals surface area contributed by atoms with Gasteiger partial charge in [-0.1, -0.05) is 6.92 Å². The summed E-state index contributed by atoms with van der Waals surface area (Å²) in [6.07, 6.45) is 2.89. The summed E-state index contributed by atoms with van der Waals surface area (Å²) in [6.45, 7) is 7.28. The molecule has 2 aromatic rings. The van der Waals surface area contributed by atoms with Gasteiger partial charge < -0.3 is 26.0 Å². The number of anilines is 3. The average molecular weight is 425 g/mol. The number of amides is 1. The second kappa shape index (κ2) is 10.6. The molecule has 11 nitrogen and oxygen atoms in total. The monoisotopic (exact) mass is 425 g/mol. The number of nitrogens with zero attached hydrogens (tertiary/aromatic N) is 5. The zero-order chi connectivity index (χ0) is 22.2. The van der Waals surface area contributed by atoms with Crippen molar-refractivity contribution in [2.24, 2.45) is 11.8 Å². The lowest BCUT2D eigenvalue weighted by molar-refractivity contribution is 0.00242. The van der Waals surface area contributed by atoms with Crippen LogP contribution >= 0.6 is 0 Å². The molecule has 3 rings (SSSR count). The van der Waals surface area contributed by atoms with E-state index < -0.39 is 0 Å². The van der Waals surface area contributed by atoms with Crippen molar-refractivity contribution < 1.29 is 9.53 Å². The minimum absolute atomic E-state index is 0.0764. The van der Waals surface area contributed by atoms with Crippen molar-refractivity contribution in [2.75, 3.05) is 43.9 Å². The number of nitriles is 1. The highest BCUT2D eigenvalue weighted by Gasteiger charge is 2.26. The van der Waals surface area contributed by atoms with Crippen LogP contribution in [0.25, 0.3) is 0 Å². The normalized spacial score (nSPS) is 21.3. The molecule has 1 fully saturated rings. The van der Waals surface area contributed by atoms with E-state index in [0.29, 0.717) is 36.1 Å². The molecule has 1 aliphatic rings. The summed E-state index contributed by atoms with van der Waals surface area (Å²) in [6, 6.07) is 3.66. The van der Waals surface area contributed by atoms with Crippen LogP contribution < -0.4 is 21.3 Å². The van der Waals surface area contributed by atoms with E-state index in [2.05, 4.69) is 55.3 Å². The number of ether oxygens (including phenoxy) is 1. The van der Waals surface area contributed by atoms with Crippen LogP contribution in [0.1, 0.15) is 29.9 Å². The molecular weight excluding hydrogens is 398 g/mol. The van der Waals surface area contributed by atoms with Crippen LogP contribution in [0, 0.1) is 23.2 Å². The standard InChI is InChI=1S/C20H27N9O2/c1-12-8-23-4-5-31-13(2)15(12)11-24-16-6-17(28-29-18(16)19(30)22-3)27-20-25-9-14(7-21)10-26-20/h6,9-10,12-13,15,23H,4-5,8,11H2,1-3H3,(H,22,30)(H2,24,25,26,27,28)/t12?,13?,15-/m1/s1. The minimum Gasteiger partial charge on any atom is -0.383 e. The maximum atomic E-state index is 12.3. The molecule has 1 saturated heterocycles. The lowest BCUT2D eigenvalue weighted by Gasteiger charge is -2.32. The van der Waals surface area contributed by atoms with E-state index in [-0.39, 0.29) is 29.6 Å². The Balaban J connectivity index is 1.79. The minimum atomic E-state index is -0.340. The first-order valence-corrected chi connectivity index (χ1v) is 10.2. The van der Waals surface area contributed by atoms with Crippen LogP contribution in [0.4, 0.5) is 17.5 Å². The van der Waals surface area contributed by atoms with Crippen LogP contribution in [0.2, 0.25) is 0 Å². The molecule has 3 atom stereocenters. The van der Waals surface area contributed by atoms with Gasteiger partial charge in [-0.05, 0) is 19.4 Å². The summed E-state index contributed by atoms with van der Waals surface area (Å²) < 4.78 is 5.91. The van der Waals surface area contributed by atoms with E-state index in [1.54, 1.807) is 13.1 Å². The van der Waals surface area contributed by atoms with Gasteiger partial charge in [0.2, 0.25) is 5.95 Å². The quantitative estimate of drug-likeness (QED) is 0.526. The van der Waals surface area contributed by atoms with E-state index in [1.165, 1.54) is 12.4 Å². The molecule has 0 bridgehead atoms. The van der Waals surface area contributed by atoms with Gasteiger partial charge in [0, 0.05) is 32.1 Å². The highest BCUT2D eigenvalue weighted by molar-refractivity contribution is 5.97. The Bertz CT molecular complexity index is 917. The molecule has 3 heterocycles. The van der Waals surface area contributed by atoms with Gasteiger partial charge in [-0.3, -0.25) is 4.79 Å². The van der Waals surface area contributed by atoms with E-state index in [9.17, 15) is 4.79 Å². The van der Waals surface area contributed by atoms with Gasteiger partial charge in [-0.25, -0.2) is 9.97 Å². The number of aromatic nitrogens is 4. The Hall–Kier alpha value is -3.36. The van der Waals surface area contributed by atoms with E-state index in [0.717, 1.165) is 13.1 Å². The van der Waals surface area contributed by atoms with E-state index >= 15 is 0 Å². The second-order valence-corrected chi connectivity index (χ2v) is 7.41. The van der Waals surface area contributed by atoms with Crippen LogP contribution in [0.3, 0.4) is 0 Å². The maximum absolute atomic E-state index is 12.3. The van der Waals surface area contributed by atoms with Gasteiger partial charge in [0.05, 0.1) is 36.4 Å². The van der Waals surface area contributed by atoms with Gasteiger partial charge in [0.1, 0.15) is 6.07 Å². The Kier molecular flexibility index (Phi) is 7.64. The Morgan fingerprint density at radius 2 is 2.10 bits per heavy atom. The van der Waals surface area contributed by atoms with E-state index in [4.69, 9.17) is 10.00 Å². The summed E-state index contributed by atoms with van der Waals surface area (Å²) in [7, 11) is 1.54. The Morgan fingerprint density at radius 1 is 1.32 bits per heavy atom. The number of rotatable bonds is 6. The third-order valence-electron chi connectivity index (χ3n) is 5.24. The second-order valence-electron chi connectivity index (χ2n) is 7.41. The molecule has 2 unspecified atom stereocenters. The zero-order valence-electron chi connectivity index (χ0n) is 17.8. The van der Waals surface area contributed by atoms with Crippen molar-refractivity contribution >= 4 is 23.4 Å². The first-order valence-electron chi connectivity index (χ1n) is 10.2. The van der Waals surface area contributed by atoms with Crippen molar-refractivity contribution in [3.05, 3.63) is 29.7 Å². The number of nitrogens with one attached hydrogen (secondary N) is 4. The number of carbonyl (C=O) groups is 1. The van der Waals surface area contributed by atoms with Gasteiger partial charge in [-0.15, -0.1) is 10.2 Å². The highest BCUT2D eigenvalue weighted by Crippen LogP contribution is 2.23. The average Bonchev–Trinajstić information content (AvgIpc) is 2.78. The lowest BCUT2D eigenvalue weighted by Crippen LogP contribution is -2.42. The molecule has 0 aliphatic carbocycles. The molecule has 0 saturated carbocycles.